The number of fused-ring (bicyclic) bond motifs is 2. The van der Waals surface area contributed by atoms with Crippen molar-refractivity contribution >= 4 is 5.96 Å². The molecular weight excluding hydrogens is 254 g/mol. The third-order valence-corrected chi connectivity index (χ3v) is 4.05. The van der Waals surface area contributed by atoms with Crippen LogP contribution in [0.15, 0.2) is 4.99 Å². The molecule has 0 amide bonds. The fraction of sp³-hybridized carbons (Fsp3) is 0.933. The lowest BCUT2D eigenvalue weighted by atomic mass is 9.96. The van der Waals surface area contributed by atoms with Gasteiger partial charge in [-0.1, -0.05) is 13.3 Å². The first-order valence-corrected chi connectivity index (χ1v) is 8.04. The van der Waals surface area contributed by atoms with Gasteiger partial charge < -0.3 is 20.1 Å². The Kier molecular flexibility index (Phi) is 6.60. The smallest absolute Gasteiger partial charge is 0.191 e. The number of hydrogen-bond acceptors (Lipinski definition) is 3. The lowest BCUT2D eigenvalue weighted by molar-refractivity contribution is 0.0992. The Bertz CT molecular complexity index is 309. The van der Waals surface area contributed by atoms with E-state index in [0.29, 0.717) is 18.2 Å². The summed E-state index contributed by atoms with van der Waals surface area (Å²) in [7, 11) is 1.82. The first kappa shape index (κ1) is 15.6. The van der Waals surface area contributed by atoms with E-state index in [4.69, 9.17) is 9.47 Å². The summed E-state index contributed by atoms with van der Waals surface area (Å²) in [5.41, 5.74) is 0. The van der Waals surface area contributed by atoms with Crippen LogP contribution in [0.4, 0.5) is 0 Å². The average molecular weight is 283 g/mol. The van der Waals surface area contributed by atoms with Crippen molar-refractivity contribution in [2.24, 2.45) is 4.99 Å². The lowest BCUT2D eigenvalue weighted by Gasteiger charge is -2.22. The maximum atomic E-state index is 5.85. The Morgan fingerprint density at radius 3 is 2.80 bits per heavy atom. The van der Waals surface area contributed by atoms with Gasteiger partial charge in [-0.2, -0.15) is 0 Å². The number of unbranched alkanes of at least 4 members (excludes halogenated alkanes) is 1. The van der Waals surface area contributed by atoms with Gasteiger partial charge in [-0.25, -0.2) is 0 Å². The monoisotopic (exact) mass is 283 g/mol. The van der Waals surface area contributed by atoms with Crippen LogP contribution in [-0.4, -0.2) is 51.0 Å². The van der Waals surface area contributed by atoms with E-state index in [9.17, 15) is 0 Å². The van der Waals surface area contributed by atoms with Crippen molar-refractivity contribution in [3.63, 3.8) is 0 Å². The van der Waals surface area contributed by atoms with Gasteiger partial charge in [0, 0.05) is 26.8 Å². The lowest BCUT2D eigenvalue weighted by Crippen LogP contribution is -2.47. The molecule has 2 aliphatic heterocycles. The third kappa shape index (κ3) is 4.63. The van der Waals surface area contributed by atoms with E-state index in [2.05, 4.69) is 22.5 Å². The van der Waals surface area contributed by atoms with Gasteiger partial charge in [0.2, 0.25) is 0 Å². The van der Waals surface area contributed by atoms with Gasteiger partial charge in [0.05, 0.1) is 18.2 Å². The average Bonchev–Trinajstić information content (AvgIpc) is 3.07. The minimum atomic E-state index is 0.385. The van der Waals surface area contributed by atoms with Crippen LogP contribution in [0.3, 0.4) is 0 Å². The molecule has 116 valence electrons. The van der Waals surface area contributed by atoms with Crippen LogP contribution in [0.1, 0.15) is 45.4 Å². The summed E-state index contributed by atoms with van der Waals surface area (Å²) in [5, 5.41) is 6.83. The van der Waals surface area contributed by atoms with Crippen LogP contribution in [0.5, 0.6) is 0 Å². The van der Waals surface area contributed by atoms with E-state index in [-0.39, 0.29) is 0 Å². The van der Waals surface area contributed by atoms with Crippen molar-refractivity contribution in [3.05, 3.63) is 0 Å². The molecule has 0 aromatic carbocycles. The molecule has 3 unspecified atom stereocenters. The SMILES string of the molecule is CCCCOCCCNC(=NC)NC1CC2CCC1O2. The van der Waals surface area contributed by atoms with Crippen molar-refractivity contribution < 1.29 is 9.47 Å². The van der Waals surface area contributed by atoms with Crippen LogP contribution in [0, 0.1) is 0 Å². The summed E-state index contributed by atoms with van der Waals surface area (Å²) in [6, 6.07) is 0.431. The molecule has 5 nitrogen and oxygen atoms in total. The number of aliphatic imine (C=N–C) groups is 1. The zero-order chi connectivity index (χ0) is 14.2. The molecular formula is C15H29N3O2. The molecule has 0 aromatic rings. The fourth-order valence-electron chi connectivity index (χ4n) is 2.89. The highest BCUT2D eigenvalue weighted by atomic mass is 16.5. The topological polar surface area (TPSA) is 54.9 Å². The Balaban J connectivity index is 1.54. The first-order chi connectivity index (χ1) is 9.83. The molecule has 2 saturated heterocycles. The van der Waals surface area contributed by atoms with Crippen LogP contribution in [-0.2, 0) is 9.47 Å². The minimum absolute atomic E-state index is 0.385. The van der Waals surface area contributed by atoms with Crippen molar-refractivity contribution in [2.75, 3.05) is 26.8 Å². The summed E-state index contributed by atoms with van der Waals surface area (Å²) < 4.78 is 11.4. The predicted octanol–water partition coefficient (Wildman–Crippen LogP) is 1.68. The van der Waals surface area contributed by atoms with Crippen LogP contribution < -0.4 is 10.6 Å². The number of rotatable bonds is 8. The van der Waals surface area contributed by atoms with Crippen LogP contribution >= 0.6 is 0 Å². The zero-order valence-electron chi connectivity index (χ0n) is 12.9. The maximum absolute atomic E-state index is 5.85. The summed E-state index contributed by atoms with van der Waals surface area (Å²) in [6.45, 7) is 4.78. The number of hydrogen-bond donors (Lipinski definition) is 2. The second-order valence-corrected chi connectivity index (χ2v) is 5.68. The molecule has 0 radical (unpaired) electrons. The van der Waals surface area contributed by atoms with Gasteiger partial charge >= 0.3 is 0 Å². The molecule has 20 heavy (non-hydrogen) atoms. The molecule has 0 spiro atoms. The number of ether oxygens (including phenoxy) is 2. The molecule has 3 atom stereocenters. The fourth-order valence-corrected chi connectivity index (χ4v) is 2.89. The van der Waals surface area contributed by atoms with Gasteiger partial charge in [0.15, 0.2) is 5.96 Å². The quantitative estimate of drug-likeness (QED) is 0.404. The molecule has 2 fully saturated rings. The molecule has 0 saturated carbocycles. The van der Waals surface area contributed by atoms with Gasteiger partial charge in [-0.15, -0.1) is 0 Å². The summed E-state index contributed by atoms with van der Waals surface area (Å²) in [5.74, 6) is 0.889. The molecule has 2 bridgehead atoms. The molecule has 2 aliphatic rings. The van der Waals surface area contributed by atoms with E-state index in [1.165, 1.54) is 19.3 Å². The maximum Gasteiger partial charge on any atom is 0.191 e. The standard InChI is InChI=1S/C15H29N3O2/c1-3-4-9-19-10-5-8-17-15(16-2)18-13-11-12-6-7-14(13)20-12/h12-14H,3-11H2,1-2H3,(H2,16,17,18). The normalized spacial score (nSPS) is 28.9. The number of nitrogens with one attached hydrogen (secondary N) is 2. The molecule has 2 N–H and O–H groups in total. The van der Waals surface area contributed by atoms with Crippen molar-refractivity contribution in [1.82, 2.24) is 10.6 Å². The third-order valence-electron chi connectivity index (χ3n) is 4.05. The molecule has 2 heterocycles. The summed E-state index contributed by atoms with van der Waals surface area (Å²) in [6.07, 6.45) is 7.75. The highest BCUT2D eigenvalue weighted by Crippen LogP contribution is 2.34. The van der Waals surface area contributed by atoms with Gasteiger partial charge in [-0.3, -0.25) is 4.99 Å². The largest absolute Gasteiger partial charge is 0.381 e. The van der Waals surface area contributed by atoms with Crippen LogP contribution in [0.2, 0.25) is 0 Å². The van der Waals surface area contributed by atoms with Crippen molar-refractivity contribution in [2.45, 2.75) is 63.7 Å². The highest BCUT2D eigenvalue weighted by Gasteiger charge is 2.40. The van der Waals surface area contributed by atoms with E-state index >= 15 is 0 Å². The van der Waals surface area contributed by atoms with Gasteiger partial charge in [0.1, 0.15) is 0 Å². The van der Waals surface area contributed by atoms with E-state index < -0.39 is 0 Å². The van der Waals surface area contributed by atoms with Gasteiger partial charge in [0.25, 0.3) is 0 Å². The second-order valence-electron chi connectivity index (χ2n) is 5.68. The first-order valence-electron chi connectivity index (χ1n) is 8.04. The summed E-state index contributed by atoms with van der Waals surface area (Å²) >= 11 is 0. The molecule has 0 aliphatic carbocycles. The Hall–Kier alpha value is -0.810. The Labute approximate surface area is 122 Å². The van der Waals surface area contributed by atoms with E-state index in [1.807, 2.05) is 7.05 Å². The highest BCUT2D eigenvalue weighted by molar-refractivity contribution is 5.80. The zero-order valence-corrected chi connectivity index (χ0v) is 12.9. The predicted molar refractivity (Wildman–Crippen MR) is 81.1 cm³/mol. The minimum Gasteiger partial charge on any atom is -0.381 e. The Morgan fingerprint density at radius 1 is 1.30 bits per heavy atom. The Morgan fingerprint density at radius 2 is 2.15 bits per heavy atom. The van der Waals surface area contributed by atoms with Crippen molar-refractivity contribution in [3.8, 4) is 0 Å². The van der Waals surface area contributed by atoms with E-state index in [0.717, 1.165) is 45.0 Å². The second kappa shape index (κ2) is 8.47. The molecule has 0 aromatic heterocycles. The van der Waals surface area contributed by atoms with Gasteiger partial charge in [-0.05, 0) is 32.1 Å². The van der Waals surface area contributed by atoms with Crippen molar-refractivity contribution in [1.29, 1.82) is 0 Å². The molecule has 5 heteroatoms. The van der Waals surface area contributed by atoms with Crippen LogP contribution in [0.25, 0.3) is 0 Å². The number of guanidine groups is 1. The number of nitrogens with zero attached hydrogens (tertiary/aromatic N) is 1. The summed E-state index contributed by atoms with van der Waals surface area (Å²) in [4.78, 5) is 4.28. The van der Waals surface area contributed by atoms with E-state index in [1.54, 1.807) is 0 Å². The molecule has 2 rings (SSSR count).